The van der Waals surface area contributed by atoms with Gasteiger partial charge in [0.25, 0.3) is 0 Å². The first-order chi connectivity index (χ1) is 17.4. The van der Waals surface area contributed by atoms with Gasteiger partial charge in [0.15, 0.2) is 5.11 Å². The highest BCUT2D eigenvalue weighted by molar-refractivity contribution is 7.90. The van der Waals surface area contributed by atoms with Crippen LogP contribution in [0.15, 0.2) is 66.0 Å². The van der Waals surface area contributed by atoms with Crippen molar-refractivity contribution in [3.8, 4) is 0 Å². The van der Waals surface area contributed by atoms with Crippen LogP contribution in [-0.2, 0) is 33.4 Å². The van der Waals surface area contributed by atoms with E-state index < -0.39 is 21.4 Å². The van der Waals surface area contributed by atoms with Gasteiger partial charge in [0.05, 0.1) is 36.8 Å². The number of hydrogen-bond donors (Lipinski definition) is 1. The van der Waals surface area contributed by atoms with Gasteiger partial charge in [0.2, 0.25) is 15.0 Å². The molecule has 0 radical (unpaired) electrons. The topological polar surface area (TPSA) is 76.5 Å². The highest BCUT2D eigenvalue weighted by Gasteiger charge is 2.27. The lowest BCUT2D eigenvalue weighted by atomic mass is 10.2. The summed E-state index contributed by atoms with van der Waals surface area (Å²) < 4.78 is 48.7. The lowest BCUT2D eigenvalue weighted by molar-refractivity contribution is 0.0893. The third-order valence-corrected chi connectivity index (χ3v) is 8.06. The Balaban J connectivity index is 1.68. The summed E-state index contributed by atoms with van der Waals surface area (Å²) in [6.07, 6.45) is 3.61. The molecule has 1 fully saturated rings. The maximum Gasteiger partial charge on any atom is 0.228 e. The molecule has 3 aromatic rings. The summed E-state index contributed by atoms with van der Waals surface area (Å²) in [5.74, 6) is -1.03. The van der Waals surface area contributed by atoms with Crippen LogP contribution in [0.4, 0.5) is 4.39 Å². The smallest absolute Gasteiger partial charge is 0.228 e. The molecule has 0 bridgehead atoms. The molecule has 1 aliphatic heterocycles. The molecule has 0 saturated carbocycles. The van der Waals surface area contributed by atoms with Crippen molar-refractivity contribution in [2.24, 2.45) is 0 Å². The Bertz CT molecular complexity index is 1280. The molecule has 1 aromatic heterocycles. The fraction of sp³-hybridized carbons (Fsp3) is 0.385. The number of hydrogen-bond acceptors (Lipinski definition) is 5. The fourth-order valence-corrected chi connectivity index (χ4v) is 6.09. The van der Waals surface area contributed by atoms with Crippen LogP contribution >= 0.6 is 12.2 Å². The lowest BCUT2D eigenvalue weighted by Gasteiger charge is -2.28. The van der Waals surface area contributed by atoms with Gasteiger partial charge in [0, 0.05) is 25.3 Å². The Morgan fingerprint density at radius 3 is 2.67 bits per heavy atom. The molecule has 0 aliphatic carbocycles. The fourth-order valence-electron chi connectivity index (χ4n) is 4.30. The van der Waals surface area contributed by atoms with Crippen molar-refractivity contribution < 1.29 is 17.5 Å². The third-order valence-electron chi connectivity index (χ3n) is 6.08. The van der Waals surface area contributed by atoms with Crippen LogP contribution in [0.5, 0.6) is 0 Å². The van der Waals surface area contributed by atoms with E-state index in [4.69, 9.17) is 17.0 Å². The largest absolute Gasteiger partial charge is 0.376 e. The highest BCUT2D eigenvalue weighted by atomic mass is 32.2. The van der Waals surface area contributed by atoms with Crippen LogP contribution < -0.4 is 5.32 Å². The SMILES string of the molecule is CCNC(=S)N(Cc1cnc(S(=O)(=O)Cc2ccccc2F)n1Cc1ccccc1)CC1CCCO1. The van der Waals surface area contributed by atoms with Crippen molar-refractivity contribution in [3.63, 3.8) is 0 Å². The summed E-state index contributed by atoms with van der Waals surface area (Å²) >= 11 is 5.63. The maximum atomic E-state index is 14.3. The average Bonchev–Trinajstić information content (AvgIpc) is 3.51. The number of imidazole rings is 1. The van der Waals surface area contributed by atoms with E-state index in [0.717, 1.165) is 25.0 Å². The van der Waals surface area contributed by atoms with Crippen LogP contribution in [0.1, 0.15) is 36.6 Å². The second-order valence-electron chi connectivity index (χ2n) is 8.81. The van der Waals surface area contributed by atoms with E-state index in [2.05, 4.69) is 10.3 Å². The van der Waals surface area contributed by atoms with Gasteiger partial charge in [-0.25, -0.2) is 17.8 Å². The van der Waals surface area contributed by atoms with Gasteiger partial charge < -0.3 is 19.5 Å². The first-order valence-electron chi connectivity index (χ1n) is 12.1. The zero-order valence-corrected chi connectivity index (χ0v) is 21.9. The van der Waals surface area contributed by atoms with Crippen LogP contribution in [-0.4, -0.2) is 53.8 Å². The van der Waals surface area contributed by atoms with Gasteiger partial charge in [-0.1, -0.05) is 48.5 Å². The van der Waals surface area contributed by atoms with E-state index in [1.54, 1.807) is 16.8 Å². The minimum Gasteiger partial charge on any atom is -0.376 e. The second kappa shape index (κ2) is 11.9. The Kier molecular flexibility index (Phi) is 8.71. The zero-order chi connectivity index (χ0) is 25.5. The first-order valence-corrected chi connectivity index (χ1v) is 14.1. The molecule has 1 saturated heterocycles. The summed E-state index contributed by atoms with van der Waals surface area (Å²) in [7, 11) is -3.93. The van der Waals surface area contributed by atoms with Crippen molar-refractivity contribution in [1.82, 2.24) is 19.8 Å². The molecule has 10 heteroatoms. The number of aromatic nitrogens is 2. The molecular formula is C26H31FN4O3S2. The standard InChI is InChI=1S/C26H31FN4O3S2/c1-2-28-25(35)30(18-23-12-8-14-34-23)17-22-15-29-26(31(22)16-20-9-4-3-5-10-20)36(32,33)19-21-11-6-7-13-24(21)27/h3-7,9-11,13,15,23H,2,8,12,14,16-19H2,1H3,(H,28,35). The van der Waals surface area contributed by atoms with Crippen LogP contribution in [0.25, 0.3) is 0 Å². The van der Waals surface area contributed by atoms with E-state index in [0.29, 0.717) is 37.0 Å². The summed E-state index contributed by atoms with van der Waals surface area (Å²) in [6.45, 7) is 4.65. The molecule has 1 atom stereocenters. The molecule has 4 rings (SSSR count). The summed E-state index contributed by atoms with van der Waals surface area (Å²) in [5.41, 5.74) is 1.74. The normalized spacial score (nSPS) is 15.7. The molecule has 0 amide bonds. The molecule has 36 heavy (non-hydrogen) atoms. The molecule has 192 valence electrons. The molecule has 2 aromatic carbocycles. The van der Waals surface area contributed by atoms with Crippen LogP contribution in [0.3, 0.4) is 0 Å². The van der Waals surface area contributed by atoms with E-state index in [1.165, 1.54) is 18.2 Å². The van der Waals surface area contributed by atoms with Gasteiger partial charge in [0.1, 0.15) is 5.82 Å². The van der Waals surface area contributed by atoms with Gasteiger partial charge in [-0.15, -0.1) is 0 Å². The molecule has 2 heterocycles. The van der Waals surface area contributed by atoms with Crippen molar-refractivity contribution in [2.45, 2.75) is 49.9 Å². The van der Waals surface area contributed by atoms with Crippen molar-refractivity contribution in [3.05, 3.63) is 83.4 Å². The highest BCUT2D eigenvalue weighted by Crippen LogP contribution is 2.22. The summed E-state index contributed by atoms with van der Waals surface area (Å²) in [5, 5.41) is 3.69. The summed E-state index contributed by atoms with van der Waals surface area (Å²) in [4.78, 5) is 6.33. The quantitative estimate of drug-likeness (QED) is 0.398. The average molecular weight is 531 g/mol. The Morgan fingerprint density at radius 1 is 1.22 bits per heavy atom. The first kappa shape index (κ1) is 26.2. The molecule has 1 N–H and O–H groups in total. The summed E-state index contributed by atoms with van der Waals surface area (Å²) in [6, 6.07) is 15.5. The molecule has 0 spiro atoms. The Labute approximate surface area is 217 Å². The minimum atomic E-state index is -3.93. The van der Waals surface area contributed by atoms with Crippen molar-refractivity contribution >= 4 is 27.2 Å². The van der Waals surface area contributed by atoms with E-state index >= 15 is 0 Å². The number of rotatable bonds is 10. The molecule has 7 nitrogen and oxygen atoms in total. The lowest BCUT2D eigenvalue weighted by Crippen LogP contribution is -2.43. The number of nitrogens with one attached hydrogen (secondary N) is 1. The molecule has 1 unspecified atom stereocenters. The predicted molar refractivity (Wildman–Crippen MR) is 141 cm³/mol. The van der Waals surface area contributed by atoms with E-state index in [-0.39, 0.29) is 16.8 Å². The second-order valence-corrected chi connectivity index (χ2v) is 11.1. The number of ether oxygens (including phenoxy) is 1. The Morgan fingerprint density at radius 2 is 1.97 bits per heavy atom. The number of halogens is 1. The predicted octanol–water partition coefficient (Wildman–Crippen LogP) is 3.92. The van der Waals surface area contributed by atoms with Crippen molar-refractivity contribution in [2.75, 3.05) is 19.7 Å². The molecular weight excluding hydrogens is 499 g/mol. The number of nitrogens with zero attached hydrogens (tertiary/aromatic N) is 3. The van der Waals surface area contributed by atoms with Crippen LogP contribution in [0.2, 0.25) is 0 Å². The number of benzene rings is 2. The zero-order valence-electron chi connectivity index (χ0n) is 20.3. The Hall–Kier alpha value is -2.82. The van der Waals surface area contributed by atoms with Gasteiger partial charge in [-0.05, 0) is 43.6 Å². The van der Waals surface area contributed by atoms with Crippen molar-refractivity contribution in [1.29, 1.82) is 0 Å². The number of thiocarbonyl (C=S) groups is 1. The van der Waals surface area contributed by atoms with Gasteiger partial charge in [-0.2, -0.15) is 0 Å². The van der Waals surface area contributed by atoms with E-state index in [1.807, 2.05) is 42.2 Å². The monoisotopic (exact) mass is 530 g/mol. The minimum absolute atomic E-state index is 0.0661. The molecule has 1 aliphatic rings. The van der Waals surface area contributed by atoms with Crippen LogP contribution in [0, 0.1) is 5.82 Å². The third kappa shape index (κ3) is 6.48. The van der Waals surface area contributed by atoms with Gasteiger partial charge in [-0.3, -0.25) is 0 Å². The van der Waals surface area contributed by atoms with E-state index in [9.17, 15) is 12.8 Å². The maximum absolute atomic E-state index is 14.3. The number of sulfone groups is 1. The van der Waals surface area contributed by atoms with Gasteiger partial charge >= 0.3 is 0 Å².